The van der Waals surface area contributed by atoms with Gasteiger partial charge in [0, 0.05) is 40.2 Å². The Labute approximate surface area is 127 Å². The molecule has 0 aliphatic heterocycles. The molecular weight excluding hydrogens is 292 g/mol. The maximum atomic E-state index is 5.89. The van der Waals surface area contributed by atoms with Crippen molar-refractivity contribution in [3.63, 3.8) is 0 Å². The molecule has 1 saturated carbocycles. The van der Waals surface area contributed by atoms with Crippen molar-refractivity contribution in [3.8, 4) is 5.75 Å². The molecule has 0 unspecified atom stereocenters. The Balaban J connectivity index is 1.58. The van der Waals surface area contributed by atoms with Crippen LogP contribution in [0.1, 0.15) is 28.2 Å². The van der Waals surface area contributed by atoms with Crippen molar-refractivity contribution in [2.24, 2.45) is 0 Å². The highest BCUT2D eigenvalue weighted by Gasteiger charge is 2.20. The molecule has 5 heteroatoms. The minimum Gasteiger partial charge on any atom is -0.487 e. The van der Waals surface area contributed by atoms with Gasteiger partial charge in [0.25, 0.3) is 0 Å². The number of hydrogen-bond donors (Lipinski definition) is 1. The Morgan fingerprint density at radius 3 is 3.00 bits per heavy atom. The number of ether oxygens (including phenoxy) is 1. The van der Waals surface area contributed by atoms with Crippen LogP contribution in [0.2, 0.25) is 5.02 Å². The van der Waals surface area contributed by atoms with E-state index in [1.807, 2.05) is 11.3 Å². The second-order valence-electron chi connectivity index (χ2n) is 5.08. The molecule has 0 radical (unpaired) electrons. The normalized spacial score (nSPS) is 14.5. The molecule has 0 spiro atoms. The summed E-state index contributed by atoms with van der Waals surface area (Å²) in [4.78, 5) is 6.70. The van der Waals surface area contributed by atoms with Crippen molar-refractivity contribution in [2.45, 2.75) is 39.0 Å². The lowest BCUT2D eigenvalue weighted by Crippen LogP contribution is -2.14. The van der Waals surface area contributed by atoms with Gasteiger partial charge < -0.3 is 10.1 Å². The van der Waals surface area contributed by atoms with Gasteiger partial charge in [0.1, 0.15) is 12.4 Å². The number of nitrogens with one attached hydrogen (secondary N) is 1. The lowest BCUT2D eigenvalue weighted by atomic mass is 10.2. The second kappa shape index (κ2) is 6.12. The number of hydrogen-bond acceptors (Lipinski definition) is 4. The summed E-state index contributed by atoms with van der Waals surface area (Å²) in [6, 6.07) is 4.76. The van der Waals surface area contributed by atoms with Crippen LogP contribution in [0.25, 0.3) is 0 Å². The fourth-order valence-corrected chi connectivity index (χ4v) is 3.15. The Hall–Kier alpha value is -1.10. The highest BCUT2D eigenvalue weighted by atomic mass is 35.5. The topological polar surface area (TPSA) is 34.1 Å². The molecule has 2 aromatic rings. The molecule has 3 rings (SSSR count). The molecule has 0 saturated heterocycles. The highest BCUT2D eigenvalue weighted by molar-refractivity contribution is 7.12. The molecule has 2 heterocycles. The SMILES string of the molecule is Cc1sc(CNC2CC2)cc1COc1cncc(Cl)c1. The number of nitrogens with zero attached hydrogens (tertiary/aromatic N) is 1. The highest BCUT2D eigenvalue weighted by Crippen LogP contribution is 2.25. The Morgan fingerprint density at radius 1 is 1.40 bits per heavy atom. The first-order valence-electron chi connectivity index (χ1n) is 6.75. The molecule has 0 bridgehead atoms. The van der Waals surface area contributed by atoms with E-state index in [0.717, 1.165) is 12.6 Å². The van der Waals surface area contributed by atoms with E-state index < -0.39 is 0 Å². The van der Waals surface area contributed by atoms with E-state index in [-0.39, 0.29) is 0 Å². The van der Waals surface area contributed by atoms with Crippen LogP contribution in [0.15, 0.2) is 24.5 Å². The van der Waals surface area contributed by atoms with Crippen LogP contribution in [-0.4, -0.2) is 11.0 Å². The molecule has 0 atom stereocenters. The number of pyridine rings is 1. The van der Waals surface area contributed by atoms with Crippen molar-refractivity contribution >= 4 is 22.9 Å². The van der Waals surface area contributed by atoms with E-state index in [1.54, 1.807) is 18.5 Å². The molecule has 0 aromatic carbocycles. The monoisotopic (exact) mass is 308 g/mol. The van der Waals surface area contributed by atoms with Crippen LogP contribution in [0.3, 0.4) is 0 Å². The lowest BCUT2D eigenvalue weighted by molar-refractivity contribution is 0.305. The number of aryl methyl sites for hydroxylation is 1. The lowest BCUT2D eigenvalue weighted by Gasteiger charge is -2.05. The minimum atomic E-state index is 0.563. The summed E-state index contributed by atoms with van der Waals surface area (Å²) in [5, 5.41) is 4.13. The quantitative estimate of drug-likeness (QED) is 0.878. The van der Waals surface area contributed by atoms with Crippen LogP contribution >= 0.6 is 22.9 Å². The van der Waals surface area contributed by atoms with E-state index >= 15 is 0 Å². The first-order chi connectivity index (χ1) is 9.70. The smallest absolute Gasteiger partial charge is 0.139 e. The van der Waals surface area contributed by atoms with Crippen molar-refractivity contribution in [1.29, 1.82) is 0 Å². The van der Waals surface area contributed by atoms with Gasteiger partial charge in [-0.05, 0) is 25.8 Å². The van der Waals surface area contributed by atoms with Gasteiger partial charge in [-0.2, -0.15) is 0 Å². The van der Waals surface area contributed by atoms with Gasteiger partial charge >= 0.3 is 0 Å². The predicted octanol–water partition coefficient (Wildman–Crippen LogP) is 3.94. The first-order valence-corrected chi connectivity index (χ1v) is 7.95. The van der Waals surface area contributed by atoms with E-state index in [9.17, 15) is 0 Å². The van der Waals surface area contributed by atoms with Gasteiger partial charge in [-0.15, -0.1) is 11.3 Å². The predicted molar refractivity (Wildman–Crippen MR) is 82.5 cm³/mol. The number of rotatable bonds is 6. The van der Waals surface area contributed by atoms with Gasteiger partial charge in [-0.1, -0.05) is 11.6 Å². The average molecular weight is 309 g/mol. The van der Waals surface area contributed by atoms with Crippen molar-refractivity contribution in [1.82, 2.24) is 10.3 Å². The third-order valence-corrected chi connectivity index (χ3v) is 4.59. The number of aromatic nitrogens is 1. The molecular formula is C15H17ClN2OS. The van der Waals surface area contributed by atoms with Crippen molar-refractivity contribution < 1.29 is 4.74 Å². The summed E-state index contributed by atoms with van der Waals surface area (Å²) in [7, 11) is 0. The fraction of sp³-hybridized carbons (Fsp3) is 0.400. The average Bonchev–Trinajstić information content (AvgIpc) is 3.18. The second-order valence-corrected chi connectivity index (χ2v) is 6.85. The fourth-order valence-electron chi connectivity index (χ4n) is 1.98. The molecule has 1 aliphatic carbocycles. The molecule has 0 amide bonds. The van der Waals surface area contributed by atoms with E-state index in [4.69, 9.17) is 16.3 Å². The van der Waals surface area contributed by atoms with Gasteiger partial charge in [-0.25, -0.2) is 0 Å². The Bertz CT molecular complexity index is 595. The summed E-state index contributed by atoms with van der Waals surface area (Å²) in [6.45, 7) is 3.67. The Morgan fingerprint density at radius 2 is 2.25 bits per heavy atom. The molecule has 2 aromatic heterocycles. The van der Waals surface area contributed by atoms with Crippen LogP contribution in [0.4, 0.5) is 0 Å². The van der Waals surface area contributed by atoms with Crippen LogP contribution < -0.4 is 10.1 Å². The van der Waals surface area contributed by atoms with Crippen molar-refractivity contribution in [3.05, 3.63) is 44.9 Å². The summed E-state index contributed by atoms with van der Waals surface area (Å²) >= 11 is 7.73. The summed E-state index contributed by atoms with van der Waals surface area (Å²) in [5.41, 5.74) is 1.24. The van der Waals surface area contributed by atoms with Gasteiger partial charge in [0.15, 0.2) is 0 Å². The summed E-state index contributed by atoms with van der Waals surface area (Å²) in [6.07, 6.45) is 5.93. The molecule has 1 N–H and O–H groups in total. The summed E-state index contributed by atoms with van der Waals surface area (Å²) < 4.78 is 5.74. The van der Waals surface area contributed by atoms with Gasteiger partial charge in [0.2, 0.25) is 0 Å². The third kappa shape index (κ3) is 3.72. The number of halogens is 1. The van der Waals surface area contributed by atoms with Gasteiger partial charge in [-0.3, -0.25) is 4.98 Å². The largest absolute Gasteiger partial charge is 0.487 e. The zero-order valence-corrected chi connectivity index (χ0v) is 12.9. The third-order valence-electron chi connectivity index (χ3n) is 3.29. The van der Waals surface area contributed by atoms with Crippen molar-refractivity contribution in [2.75, 3.05) is 0 Å². The number of thiophene rings is 1. The van der Waals surface area contributed by atoms with Crippen LogP contribution in [-0.2, 0) is 13.2 Å². The van der Waals surface area contributed by atoms with E-state index in [0.29, 0.717) is 17.4 Å². The maximum absolute atomic E-state index is 5.89. The minimum absolute atomic E-state index is 0.563. The standard InChI is InChI=1S/C15H17ClN2OS/c1-10-11(4-15(20-10)8-18-13-2-3-13)9-19-14-5-12(16)6-17-7-14/h4-7,13,18H,2-3,8-9H2,1H3. The summed E-state index contributed by atoms with van der Waals surface area (Å²) in [5.74, 6) is 0.709. The maximum Gasteiger partial charge on any atom is 0.139 e. The Kier molecular flexibility index (Phi) is 4.24. The molecule has 1 fully saturated rings. The van der Waals surface area contributed by atoms with E-state index in [2.05, 4.69) is 23.3 Å². The zero-order chi connectivity index (χ0) is 13.9. The van der Waals surface area contributed by atoms with Crippen LogP contribution in [0, 0.1) is 6.92 Å². The molecule has 1 aliphatic rings. The molecule has 3 nitrogen and oxygen atoms in total. The van der Waals surface area contributed by atoms with E-state index in [1.165, 1.54) is 28.2 Å². The van der Waals surface area contributed by atoms with Crippen LogP contribution in [0.5, 0.6) is 5.75 Å². The molecule has 20 heavy (non-hydrogen) atoms. The molecule has 106 valence electrons. The first kappa shape index (κ1) is 13.9. The zero-order valence-electron chi connectivity index (χ0n) is 11.4. The van der Waals surface area contributed by atoms with Gasteiger partial charge in [0.05, 0.1) is 11.2 Å².